The minimum Gasteiger partial charge on any atom is -0.450 e. The molecule has 0 fully saturated rings. The van der Waals surface area contributed by atoms with Crippen molar-refractivity contribution < 1.29 is 18.3 Å². The van der Waals surface area contributed by atoms with Crippen LogP contribution in [0.25, 0.3) is 0 Å². The molecule has 1 aliphatic rings. The monoisotopic (exact) mass is 488 g/mol. The molecule has 1 atom stereocenters. The van der Waals surface area contributed by atoms with Gasteiger partial charge < -0.3 is 24.0 Å². The Bertz CT molecular complexity index is 1060. The first-order valence-electron chi connectivity index (χ1n) is 12.0. The fraction of sp³-hybridized carbons (Fsp3) is 0.556. The predicted molar refractivity (Wildman–Crippen MR) is 141 cm³/mol. The van der Waals surface area contributed by atoms with Crippen molar-refractivity contribution in [1.82, 2.24) is 0 Å². The second kappa shape index (κ2) is 9.22. The number of nitrogens with one attached hydrogen (secondary N) is 1. The molecule has 0 radical (unpaired) electrons. The number of hydrogen-bond donors (Lipinski definition) is 1. The van der Waals surface area contributed by atoms with E-state index in [0.717, 1.165) is 16.9 Å². The molecule has 1 aliphatic heterocycles. The molecule has 3 rings (SSSR count). The fourth-order valence-electron chi connectivity index (χ4n) is 4.14. The van der Waals surface area contributed by atoms with E-state index in [1.165, 1.54) is 5.56 Å². The molecule has 1 unspecified atom stereocenters. The van der Waals surface area contributed by atoms with E-state index in [2.05, 4.69) is 59.0 Å². The van der Waals surface area contributed by atoms with Gasteiger partial charge in [0.1, 0.15) is 0 Å². The molecule has 2 aromatic rings. The SMILES string of the molecule is CCOP(=O)(OCC)C1(c2ccc(N(C)C)cc2)Nc2cc(C(C)(C)C)cc(C(C)(C)C)c2O1. The molecule has 188 valence electrons. The van der Waals surface area contributed by atoms with Crippen LogP contribution in [0.1, 0.15) is 72.1 Å². The third-order valence-electron chi connectivity index (χ3n) is 6.08. The number of nitrogens with zero attached hydrogens (tertiary/aromatic N) is 1. The first kappa shape index (κ1) is 26.6. The summed E-state index contributed by atoms with van der Waals surface area (Å²) in [6, 6.07) is 12.1. The van der Waals surface area contributed by atoms with Crippen molar-refractivity contribution >= 4 is 19.0 Å². The number of fused-ring (bicyclic) bond motifs is 1. The zero-order chi connectivity index (χ0) is 25.5. The van der Waals surface area contributed by atoms with Crippen molar-refractivity contribution in [3.63, 3.8) is 0 Å². The topological polar surface area (TPSA) is 60.0 Å². The van der Waals surface area contributed by atoms with E-state index >= 15 is 0 Å². The lowest BCUT2D eigenvalue weighted by atomic mass is 9.80. The van der Waals surface area contributed by atoms with Gasteiger partial charge in [0.05, 0.1) is 18.9 Å². The van der Waals surface area contributed by atoms with Crippen LogP contribution in [-0.4, -0.2) is 27.3 Å². The maximum Gasteiger partial charge on any atom is 0.400 e. The van der Waals surface area contributed by atoms with Crippen molar-refractivity contribution in [3.8, 4) is 5.75 Å². The summed E-state index contributed by atoms with van der Waals surface area (Å²) in [7, 11) is 0.156. The molecule has 0 aliphatic carbocycles. The van der Waals surface area contributed by atoms with Gasteiger partial charge in [-0.25, -0.2) is 0 Å². The average Bonchev–Trinajstić information content (AvgIpc) is 3.13. The van der Waals surface area contributed by atoms with Gasteiger partial charge in [0.15, 0.2) is 5.75 Å². The number of hydrogen-bond acceptors (Lipinski definition) is 6. The molecule has 0 saturated heterocycles. The van der Waals surface area contributed by atoms with Crippen LogP contribution in [0.3, 0.4) is 0 Å². The highest BCUT2D eigenvalue weighted by molar-refractivity contribution is 7.55. The van der Waals surface area contributed by atoms with Crippen LogP contribution in [0.15, 0.2) is 36.4 Å². The van der Waals surface area contributed by atoms with Gasteiger partial charge in [-0.2, -0.15) is 0 Å². The van der Waals surface area contributed by atoms with Crippen molar-refractivity contribution in [2.45, 2.75) is 71.7 Å². The van der Waals surface area contributed by atoms with Crippen LogP contribution in [0, 0.1) is 0 Å². The lowest BCUT2D eigenvalue weighted by Crippen LogP contribution is -2.39. The summed E-state index contributed by atoms with van der Waals surface area (Å²) < 4.78 is 32.9. The molecule has 0 amide bonds. The second-order valence-electron chi connectivity index (χ2n) is 11.0. The summed E-state index contributed by atoms with van der Waals surface area (Å²) in [6.45, 7) is 17.1. The largest absolute Gasteiger partial charge is 0.450 e. The van der Waals surface area contributed by atoms with E-state index in [1.54, 1.807) is 0 Å². The van der Waals surface area contributed by atoms with E-state index in [9.17, 15) is 4.57 Å². The van der Waals surface area contributed by atoms with Crippen LogP contribution in [0.4, 0.5) is 11.4 Å². The molecule has 6 nitrogen and oxygen atoms in total. The van der Waals surface area contributed by atoms with E-state index in [-0.39, 0.29) is 24.0 Å². The normalized spacial score (nSPS) is 18.3. The lowest BCUT2D eigenvalue weighted by molar-refractivity contribution is 0.117. The third-order valence-corrected chi connectivity index (χ3v) is 8.50. The smallest absolute Gasteiger partial charge is 0.400 e. The highest BCUT2D eigenvalue weighted by Crippen LogP contribution is 2.68. The van der Waals surface area contributed by atoms with Crippen molar-refractivity contribution in [1.29, 1.82) is 0 Å². The molecule has 1 N–H and O–H groups in total. The van der Waals surface area contributed by atoms with E-state index in [1.807, 2.05) is 57.1 Å². The van der Waals surface area contributed by atoms with Crippen LogP contribution in [0.5, 0.6) is 5.75 Å². The Kier molecular flexibility index (Phi) is 7.21. The van der Waals surface area contributed by atoms with Gasteiger partial charge in [0.25, 0.3) is 0 Å². The van der Waals surface area contributed by atoms with E-state index < -0.39 is 13.1 Å². The van der Waals surface area contributed by atoms with Gasteiger partial charge in [-0.05, 0) is 48.4 Å². The predicted octanol–water partition coefficient (Wildman–Crippen LogP) is 7.23. The summed E-state index contributed by atoms with van der Waals surface area (Å²) in [6.07, 6.45) is 0. The summed E-state index contributed by atoms with van der Waals surface area (Å²) in [5.41, 5.74) is 2.98. The molecule has 0 aromatic heterocycles. The Morgan fingerprint density at radius 3 is 1.94 bits per heavy atom. The lowest BCUT2D eigenvalue weighted by Gasteiger charge is -2.35. The number of ether oxygens (including phenoxy) is 1. The first-order valence-corrected chi connectivity index (χ1v) is 13.6. The van der Waals surface area contributed by atoms with Crippen molar-refractivity contribution in [2.75, 3.05) is 37.5 Å². The van der Waals surface area contributed by atoms with Crippen molar-refractivity contribution in [2.24, 2.45) is 0 Å². The van der Waals surface area contributed by atoms with Gasteiger partial charge in [-0.1, -0.05) is 59.7 Å². The third kappa shape index (κ3) is 4.73. The van der Waals surface area contributed by atoms with E-state index in [4.69, 9.17) is 13.8 Å². The Morgan fingerprint density at radius 1 is 0.941 bits per heavy atom. The molecule has 1 heterocycles. The second-order valence-corrected chi connectivity index (χ2v) is 13.2. The number of benzene rings is 2. The van der Waals surface area contributed by atoms with Gasteiger partial charge >= 0.3 is 13.1 Å². The minimum absolute atomic E-state index is 0.0706. The zero-order valence-corrected chi connectivity index (χ0v) is 23.3. The molecule has 7 heteroatoms. The van der Waals surface area contributed by atoms with Crippen molar-refractivity contribution in [3.05, 3.63) is 53.1 Å². The minimum atomic E-state index is -3.82. The zero-order valence-electron chi connectivity index (χ0n) is 22.4. The number of anilines is 2. The fourth-order valence-corrected chi connectivity index (χ4v) is 6.18. The summed E-state index contributed by atoms with van der Waals surface area (Å²) >= 11 is 0. The molecule has 2 aromatic carbocycles. The Hall–Kier alpha value is -2.01. The maximum atomic E-state index is 14.4. The van der Waals surface area contributed by atoms with Gasteiger partial charge in [0, 0.05) is 30.9 Å². The first-order chi connectivity index (χ1) is 15.7. The summed E-state index contributed by atoms with van der Waals surface area (Å²) in [5, 5.41) is 3.50. The Labute approximate surface area is 205 Å². The molecule has 34 heavy (non-hydrogen) atoms. The Morgan fingerprint density at radius 2 is 1.50 bits per heavy atom. The average molecular weight is 489 g/mol. The Balaban J connectivity index is 2.29. The molecule has 0 spiro atoms. The van der Waals surface area contributed by atoms with Gasteiger partial charge in [-0.15, -0.1) is 0 Å². The molecular weight excluding hydrogens is 447 g/mol. The standard InChI is InChI=1S/C27H41N2O4P/c1-11-31-34(30,32-12-2)27(19-13-15-21(16-14-19)29(9)10)28-23-18-20(25(3,4)5)17-22(24(23)33-27)26(6,7)8/h13-18,28H,11-12H2,1-10H3. The summed E-state index contributed by atoms with van der Waals surface area (Å²) in [4.78, 5) is 2.02. The number of rotatable bonds is 7. The summed E-state index contributed by atoms with van der Waals surface area (Å²) in [5.74, 6) is 0.691. The highest BCUT2D eigenvalue weighted by atomic mass is 31.2. The van der Waals surface area contributed by atoms with Crippen LogP contribution >= 0.6 is 7.60 Å². The van der Waals surface area contributed by atoms with Crippen LogP contribution < -0.4 is 15.0 Å². The van der Waals surface area contributed by atoms with E-state index in [0.29, 0.717) is 11.3 Å². The molecule has 0 saturated carbocycles. The highest BCUT2D eigenvalue weighted by Gasteiger charge is 2.59. The maximum absolute atomic E-state index is 14.4. The van der Waals surface area contributed by atoms with Crippen LogP contribution in [-0.2, 0) is 29.9 Å². The molecular formula is C27H41N2O4P. The van der Waals surface area contributed by atoms with Gasteiger partial charge in [-0.3, -0.25) is 4.57 Å². The van der Waals surface area contributed by atoms with Crippen LogP contribution in [0.2, 0.25) is 0 Å². The molecule has 0 bridgehead atoms. The quantitative estimate of drug-likeness (QED) is 0.415. The van der Waals surface area contributed by atoms with Gasteiger partial charge in [0.2, 0.25) is 0 Å².